The van der Waals surface area contributed by atoms with Gasteiger partial charge in [-0.3, -0.25) is 0 Å². The summed E-state index contributed by atoms with van der Waals surface area (Å²) in [5.41, 5.74) is 3.07. The molecule has 0 radical (unpaired) electrons. The van der Waals surface area contributed by atoms with Crippen molar-refractivity contribution in [1.29, 1.82) is 0 Å². The van der Waals surface area contributed by atoms with E-state index in [0.717, 1.165) is 55.0 Å². The first-order valence-corrected chi connectivity index (χ1v) is 9.75. The highest BCUT2D eigenvalue weighted by molar-refractivity contribution is 5.60. The van der Waals surface area contributed by atoms with Crippen LogP contribution in [0.5, 0.6) is 0 Å². The van der Waals surface area contributed by atoms with Crippen LogP contribution in [0.1, 0.15) is 5.69 Å². The summed E-state index contributed by atoms with van der Waals surface area (Å²) >= 11 is 0. The van der Waals surface area contributed by atoms with Crippen molar-refractivity contribution in [3.05, 3.63) is 54.5 Å². The molecular formula is C21H26N8. The molecule has 0 aliphatic carbocycles. The number of hydrogen-bond acceptors (Lipinski definition) is 8. The minimum absolute atomic E-state index is 0.617. The Labute approximate surface area is 171 Å². The molecule has 2 aromatic heterocycles. The molecule has 1 aromatic carbocycles. The molecule has 0 amide bonds. The fraction of sp³-hybridized carbons (Fsp3) is 0.333. The van der Waals surface area contributed by atoms with E-state index < -0.39 is 0 Å². The van der Waals surface area contributed by atoms with Crippen molar-refractivity contribution in [2.45, 2.75) is 6.92 Å². The summed E-state index contributed by atoms with van der Waals surface area (Å²) in [4.78, 5) is 24.6. The van der Waals surface area contributed by atoms with Crippen molar-refractivity contribution in [3.63, 3.8) is 0 Å². The molecule has 1 saturated heterocycles. The van der Waals surface area contributed by atoms with Crippen molar-refractivity contribution in [1.82, 2.24) is 19.9 Å². The van der Waals surface area contributed by atoms with Crippen LogP contribution in [-0.2, 0) is 0 Å². The Morgan fingerprint density at radius 3 is 2.21 bits per heavy atom. The third kappa shape index (κ3) is 4.53. The van der Waals surface area contributed by atoms with Crippen LogP contribution < -0.4 is 20.0 Å². The van der Waals surface area contributed by atoms with E-state index in [1.165, 1.54) is 0 Å². The van der Waals surface area contributed by atoms with Gasteiger partial charge in [0.2, 0.25) is 11.9 Å². The predicted octanol–water partition coefficient (Wildman–Crippen LogP) is 2.71. The molecule has 0 atom stereocenters. The molecule has 0 saturated carbocycles. The topological polar surface area (TPSA) is 73.3 Å². The van der Waals surface area contributed by atoms with Crippen LogP contribution in [0.3, 0.4) is 0 Å². The number of piperazine rings is 1. The Hall–Kier alpha value is -3.42. The van der Waals surface area contributed by atoms with Gasteiger partial charge in [0.25, 0.3) is 0 Å². The van der Waals surface area contributed by atoms with Gasteiger partial charge in [0, 0.05) is 75.8 Å². The Balaban J connectivity index is 1.44. The summed E-state index contributed by atoms with van der Waals surface area (Å²) in [6, 6.07) is 12.1. The lowest BCUT2D eigenvalue weighted by Gasteiger charge is -2.35. The summed E-state index contributed by atoms with van der Waals surface area (Å²) < 4.78 is 0. The third-order valence-electron chi connectivity index (χ3n) is 4.92. The van der Waals surface area contributed by atoms with Crippen molar-refractivity contribution < 1.29 is 0 Å². The number of hydrogen-bond donors (Lipinski definition) is 1. The first-order chi connectivity index (χ1) is 14.1. The molecule has 0 bridgehead atoms. The standard InChI is InChI=1S/C21H26N8/c1-16-15-19(28-11-13-29(14-12-28)21-22-9-4-10-23-21)26-20(24-16)25-17-5-7-18(8-6-17)27(2)3/h4-10,15H,11-14H2,1-3H3,(H,24,25,26). The van der Waals surface area contributed by atoms with Gasteiger partial charge < -0.3 is 20.0 Å². The number of aryl methyl sites for hydroxylation is 1. The highest BCUT2D eigenvalue weighted by Gasteiger charge is 2.20. The van der Waals surface area contributed by atoms with Crippen LogP contribution in [0.25, 0.3) is 0 Å². The maximum atomic E-state index is 4.75. The molecular weight excluding hydrogens is 364 g/mol. The van der Waals surface area contributed by atoms with E-state index in [2.05, 4.69) is 47.1 Å². The maximum Gasteiger partial charge on any atom is 0.229 e. The minimum Gasteiger partial charge on any atom is -0.378 e. The summed E-state index contributed by atoms with van der Waals surface area (Å²) in [5, 5.41) is 3.33. The Morgan fingerprint density at radius 2 is 1.55 bits per heavy atom. The Bertz CT molecular complexity index is 935. The SMILES string of the molecule is Cc1cc(N2CCN(c3ncccn3)CC2)nc(Nc2ccc(N(C)C)cc2)n1. The monoisotopic (exact) mass is 390 g/mol. The van der Waals surface area contributed by atoms with Crippen molar-refractivity contribution >= 4 is 29.1 Å². The fourth-order valence-electron chi connectivity index (χ4n) is 3.33. The molecule has 0 spiro atoms. The van der Waals surface area contributed by atoms with Gasteiger partial charge in [-0.25, -0.2) is 15.0 Å². The third-order valence-corrected chi connectivity index (χ3v) is 4.92. The Morgan fingerprint density at radius 1 is 0.897 bits per heavy atom. The lowest BCUT2D eigenvalue weighted by molar-refractivity contribution is 0.634. The number of benzene rings is 1. The zero-order chi connectivity index (χ0) is 20.2. The summed E-state index contributed by atoms with van der Waals surface area (Å²) in [5.74, 6) is 2.35. The first-order valence-electron chi connectivity index (χ1n) is 9.75. The number of aromatic nitrogens is 4. The molecule has 1 aliphatic rings. The van der Waals surface area contributed by atoms with E-state index in [0.29, 0.717) is 5.95 Å². The van der Waals surface area contributed by atoms with Crippen molar-refractivity contribution in [2.75, 3.05) is 60.3 Å². The first kappa shape index (κ1) is 18.9. The molecule has 150 valence electrons. The van der Waals surface area contributed by atoms with Gasteiger partial charge in [0.15, 0.2) is 0 Å². The van der Waals surface area contributed by atoms with Crippen LogP contribution in [0.15, 0.2) is 48.8 Å². The highest BCUT2D eigenvalue weighted by atomic mass is 15.3. The molecule has 8 nitrogen and oxygen atoms in total. The lowest BCUT2D eigenvalue weighted by atomic mass is 10.2. The average molecular weight is 390 g/mol. The van der Waals surface area contributed by atoms with Crippen LogP contribution in [0.2, 0.25) is 0 Å². The summed E-state index contributed by atoms with van der Waals surface area (Å²) in [6.07, 6.45) is 3.57. The van der Waals surface area contributed by atoms with Gasteiger partial charge in [-0.2, -0.15) is 4.98 Å². The molecule has 1 N–H and O–H groups in total. The molecule has 0 unspecified atom stereocenters. The van der Waals surface area contributed by atoms with E-state index in [4.69, 9.17) is 4.98 Å². The molecule has 3 heterocycles. The van der Waals surface area contributed by atoms with E-state index in [1.54, 1.807) is 12.4 Å². The zero-order valence-corrected chi connectivity index (χ0v) is 17.1. The second kappa shape index (κ2) is 8.30. The number of rotatable bonds is 5. The Kier molecular flexibility index (Phi) is 5.41. The lowest BCUT2D eigenvalue weighted by Crippen LogP contribution is -2.47. The minimum atomic E-state index is 0.617. The second-order valence-electron chi connectivity index (χ2n) is 7.28. The van der Waals surface area contributed by atoms with Gasteiger partial charge in [-0.15, -0.1) is 0 Å². The van der Waals surface area contributed by atoms with Crippen LogP contribution in [-0.4, -0.2) is 60.2 Å². The second-order valence-corrected chi connectivity index (χ2v) is 7.28. The van der Waals surface area contributed by atoms with Gasteiger partial charge in [0.1, 0.15) is 5.82 Å². The van der Waals surface area contributed by atoms with Crippen molar-refractivity contribution in [3.8, 4) is 0 Å². The van der Waals surface area contributed by atoms with Crippen LogP contribution >= 0.6 is 0 Å². The number of anilines is 5. The van der Waals surface area contributed by atoms with E-state index >= 15 is 0 Å². The molecule has 8 heteroatoms. The van der Waals surface area contributed by atoms with Crippen molar-refractivity contribution in [2.24, 2.45) is 0 Å². The smallest absolute Gasteiger partial charge is 0.229 e. The molecule has 1 aliphatic heterocycles. The van der Waals surface area contributed by atoms with Gasteiger partial charge in [-0.1, -0.05) is 0 Å². The molecule has 29 heavy (non-hydrogen) atoms. The van der Waals surface area contributed by atoms with Gasteiger partial charge >= 0.3 is 0 Å². The number of nitrogens with one attached hydrogen (secondary N) is 1. The molecule has 4 rings (SSSR count). The highest BCUT2D eigenvalue weighted by Crippen LogP contribution is 2.22. The predicted molar refractivity (Wildman–Crippen MR) is 117 cm³/mol. The molecule has 1 fully saturated rings. The van der Waals surface area contributed by atoms with E-state index in [9.17, 15) is 0 Å². The quantitative estimate of drug-likeness (QED) is 0.713. The maximum absolute atomic E-state index is 4.75. The van der Waals surface area contributed by atoms with Crippen LogP contribution in [0.4, 0.5) is 29.1 Å². The van der Waals surface area contributed by atoms with E-state index in [-0.39, 0.29) is 0 Å². The summed E-state index contributed by atoms with van der Waals surface area (Å²) in [6.45, 7) is 5.46. The molecule has 3 aromatic rings. The fourth-order valence-corrected chi connectivity index (χ4v) is 3.33. The largest absolute Gasteiger partial charge is 0.378 e. The van der Waals surface area contributed by atoms with Gasteiger partial charge in [-0.05, 0) is 37.3 Å². The normalized spacial score (nSPS) is 14.0. The average Bonchev–Trinajstić information content (AvgIpc) is 2.74. The summed E-state index contributed by atoms with van der Waals surface area (Å²) in [7, 11) is 4.06. The zero-order valence-electron chi connectivity index (χ0n) is 17.1. The van der Waals surface area contributed by atoms with Gasteiger partial charge in [0.05, 0.1) is 0 Å². The number of nitrogens with zero attached hydrogens (tertiary/aromatic N) is 7. The van der Waals surface area contributed by atoms with Crippen LogP contribution in [0, 0.1) is 6.92 Å². The van der Waals surface area contributed by atoms with E-state index in [1.807, 2.05) is 45.3 Å².